The fourth-order valence-electron chi connectivity index (χ4n) is 6.14. The van der Waals surface area contributed by atoms with Crippen molar-refractivity contribution in [2.24, 2.45) is 13.0 Å². The van der Waals surface area contributed by atoms with E-state index < -0.39 is 5.92 Å². The zero-order chi connectivity index (χ0) is 23.5. The van der Waals surface area contributed by atoms with Gasteiger partial charge in [0.1, 0.15) is 17.4 Å². The molecule has 2 amide bonds. The number of para-hydroxylation sites is 1. The number of likely N-dealkylation sites (tertiary alicyclic amines) is 1. The number of amides is 2. The number of nitrogens with zero attached hydrogens (tertiary/aromatic N) is 3. The minimum Gasteiger partial charge on any atom is -0.488 e. The number of aryl methyl sites for hydroxylation is 1. The van der Waals surface area contributed by atoms with Gasteiger partial charge >= 0.3 is 0 Å². The van der Waals surface area contributed by atoms with E-state index in [0.29, 0.717) is 12.8 Å². The molecule has 1 aromatic heterocycles. The topological polar surface area (TPSA) is 76.5 Å². The van der Waals surface area contributed by atoms with Gasteiger partial charge in [-0.15, -0.1) is 0 Å². The second-order valence-corrected chi connectivity index (χ2v) is 10.5. The number of piperidine rings is 2. The number of carbonyl (C=O) groups is 2. The number of benzene rings is 1. The molecule has 2 saturated heterocycles. The SMILES string of the molecule is Cn1nc(C2CCC(=O)NC2=O)c2cccc(OC3CCN(CCCC4CCCCC4)CC3)c21. The fraction of sp³-hybridized carbons (Fsp3) is 0.667. The Bertz CT molecular complexity index is 1020. The van der Waals surface area contributed by atoms with Crippen LogP contribution in [0.5, 0.6) is 5.75 Å². The molecule has 1 N–H and O–H groups in total. The van der Waals surface area contributed by atoms with Crippen LogP contribution in [0.25, 0.3) is 10.9 Å². The first-order valence-corrected chi connectivity index (χ1v) is 13.3. The van der Waals surface area contributed by atoms with Crippen molar-refractivity contribution < 1.29 is 14.3 Å². The lowest BCUT2D eigenvalue weighted by molar-refractivity contribution is -0.134. The summed E-state index contributed by atoms with van der Waals surface area (Å²) >= 11 is 0. The van der Waals surface area contributed by atoms with Gasteiger partial charge in [0, 0.05) is 31.9 Å². The number of nitrogens with one attached hydrogen (secondary N) is 1. The van der Waals surface area contributed by atoms with Gasteiger partial charge in [-0.3, -0.25) is 19.6 Å². The zero-order valence-electron chi connectivity index (χ0n) is 20.4. The van der Waals surface area contributed by atoms with Crippen LogP contribution in [0.3, 0.4) is 0 Å². The molecule has 184 valence electrons. The number of hydrogen-bond donors (Lipinski definition) is 1. The van der Waals surface area contributed by atoms with Crippen molar-refractivity contribution in [2.75, 3.05) is 19.6 Å². The number of ether oxygens (including phenoxy) is 1. The quantitative estimate of drug-likeness (QED) is 0.616. The van der Waals surface area contributed by atoms with Crippen molar-refractivity contribution in [3.63, 3.8) is 0 Å². The Morgan fingerprint density at radius 3 is 2.62 bits per heavy atom. The Labute approximate surface area is 202 Å². The van der Waals surface area contributed by atoms with Crippen LogP contribution in [-0.2, 0) is 16.6 Å². The number of aromatic nitrogens is 2. The molecular weight excluding hydrogens is 428 g/mol. The highest BCUT2D eigenvalue weighted by Gasteiger charge is 2.32. The first kappa shape index (κ1) is 23.3. The van der Waals surface area contributed by atoms with E-state index >= 15 is 0 Å². The summed E-state index contributed by atoms with van der Waals surface area (Å²) in [5, 5.41) is 8.08. The molecule has 7 nitrogen and oxygen atoms in total. The number of imide groups is 1. The van der Waals surface area contributed by atoms with Crippen molar-refractivity contribution >= 4 is 22.7 Å². The van der Waals surface area contributed by atoms with Crippen LogP contribution < -0.4 is 10.1 Å². The average molecular weight is 467 g/mol. The van der Waals surface area contributed by atoms with Crippen LogP contribution in [0.4, 0.5) is 0 Å². The third-order valence-electron chi connectivity index (χ3n) is 8.07. The van der Waals surface area contributed by atoms with Crippen LogP contribution in [-0.4, -0.2) is 52.2 Å². The van der Waals surface area contributed by atoms with Gasteiger partial charge in [-0.1, -0.05) is 44.2 Å². The maximum Gasteiger partial charge on any atom is 0.235 e. The molecule has 1 aromatic carbocycles. The maximum atomic E-state index is 12.4. The molecule has 7 heteroatoms. The van der Waals surface area contributed by atoms with Crippen LogP contribution in [0, 0.1) is 5.92 Å². The smallest absolute Gasteiger partial charge is 0.235 e. The number of hydrogen-bond acceptors (Lipinski definition) is 5. The lowest BCUT2D eigenvalue weighted by Gasteiger charge is -2.32. The highest BCUT2D eigenvalue weighted by atomic mass is 16.5. The van der Waals surface area contributed by atoms with Crippen LogP contribution >= 0.6 is 0 Å². The summed E-state index contributed by atoms with van der Waals surface area (Å²) in [4.78, 5) is 26.6. The van der Waals surface area contributed by atoms with Gasteiger partial charge in [0.05, 0.1) is 11.6 Å². The Balaban J connectivity index is 1.18. The van der Waals surface area contributed by atoms with Crippen molar-refractivity contribution in [1.82, 2.24) is 20.0 Å². The third kappa shape index (κ3) is 5.14. The normalized spacial score (nSPS) is 23.4. The van der Waals surface area contributed by atoms with E-state index in [1.165, 1.54) is 51.5 Å². The molecule has 1 aliphatic carbocycles. The molecule has 5 rings (SSSR count). The minimum atomic E-state index is -0.395. The fourth-order valence-corrected chi connectivity index (χ4v) is 6.14. The zero-order valence-corrected chi connectivity index (χ0v) is 20.4. The lowest BCUT2D eigenvalue weighted by atomic mass is 9.86. The Kier molecular flexibility index (Phi) is 7.18. The van der Waals surface area contributed by atoms with Gasteiger partial charge in [0.25, 0.3) is 0 Å². The number of fused-ring (bicyclic) bond motifs is 1. The summed E-state index contributed by atoms with van der Waals surface area (Å²) < 4.78 is 8.32. The third-order valence-corrected chi connectivity index (χ3v) is 8.07. The molecule has 0 spiro atoms. The first-order valence-electron chi connectivity index (χ1n) is 13.3. The van der Waals surface area contributed by atoms with E-state index in [1.54, 1.807) is 0 Å². The largest absolute Gasteiger partial charge is 0.488 e. The van der Waals surface area contributed by atoms with Gasteiger partial charge < -0.3 is 9.64 Å². The highest BCUT2D eigenvalue weighted by molar-refractivity contribution is 6.02. The Morgan fingerprint density at radius 1 is 1.06 bits per heavy atom. The van der Waals surface area contributed by atoms with Gasteiger partial charge in [0.15, 0.2) is 0 Å². The van der Waals surface area contributed by atoms with Crippen molar-refractivity contribution in [3.8, 4) is 5.75 Å². The van der Waals surface area contributed by atoms with Gasteiger partial charge in [-0.25, -0.2) is 0 Å². The molecule has 1 unspecified atom stereocenters. The number of rotatable bonds is 7. The summed E-state index contributed by atoms with van der Waals surface area (Å²) in [6.45, 7) is 3.41. The molecule has 1 saturated carbocycles. The van der Waals surface area contributed by atoms with Crippen LogP contribution in [0.1, 0.15) is 82.2 Å². The second-order valence-electron chi connectivity index (χ2n) is 10.5. The highest BCUT2D eigenvalue weighted by Crippen LogP contribution is 2.35. The van der Waals surface area contributed by atoms with Crippen LogP contribution in [0.2, 0.25) is 0 Å². The molecule has 1 atom stereocenters. The maximum absolute atomic E-state index is 12.4. The molecule has 2 aromatic rings. The van der Waals surface area contributed by atoms with Crippen molar-refractivity contribution in [2.45, 2.75) is 82.7 Å². The summed E-state index contributed by atoms with van der Waals surface area (Å²) in [6, 6.07) is 5.99. The Hall–Kier alpha value is -2.41. The summed E-state index contributed by atoms with van der Waals surface area (Å²) in [6.07, 6.45) is 13.1. The molecule has 3 aliphatic rings. The van der Waals surface area contributed by atoms with E-state index in [1.807, 2.05) is 29.9 Å². The molecular formula is C27H38N4O3. The summed E-state index contributed by atoms with van der Waals surface area (Å²) in [7, 11) is 1.90. The van der Waals surface area contributed by atoms with Gasteiger partial charge in [0.2, 0.25) is 11.8 Å². The second kappa shape index (κ2) is 10.5. The van der Waals surface area contributed by atoms with E-state index in [9.17, 15) is 9.59 Å². The van der Waals surface area contributed by atoms with Gasteiger partial charge in [-0.2, -0.15) is 5.10 Å². The van der Waals surface area contributed by atoms with Crippen molar-refractivity contribution in [3.05, 3.63) is 23.9 Å². The van der Waals surface area contributed by atoms with E-state index in [2.05, 4.69) is 15.3 Å². The molecule has 3 heterocycles. The van der Waals surface area contributed by atoms with Gasteiger partial charge in [-0.05, 0) is 50.6 Å². The predicted octanol–water partition coefficient (Wildman–Crippen LogP) is 4.30. The molecule has 0 bridgehead atoms. The monoisotopic (exact) mass is 466 g/mol. The summed E-state index contributed by atoms with van der Waals surface area (Å²) in [5.74, 6) is 0.957. The van der Waals surface area contributed by atoms with E-state index in [4.69, 9.17) is 4.74 Å². The Morgan fingerprint density at radius 2 is 1.85 bits per heavy atom. The van der Waals surface area contributed by atoms with Crippen LogP contribution in [0.15, 0.2) is 18.2 Å². The molecule has 0 radical (unpaired) electrons. The summed E-state index contributed by atoms with van der Waals surface area (Å²) in [5.41, 5.74) is 1.66. The minimum absolute atomic E-state index is 0.203. The molecule has 3 fully saturated rings. The standard InChI is InChI=1S/C27H38N4O3/c1-30-26-21(25(29-30)22-12-13-24(32)28-27(22)33)10-5-11-23(26)34-20-14-17-31(18-15-20)16-6-9-19-7-3-2-4-8-19/h5,10-11,19-20,22H,2-4,6-9,12-18H2,1H3,(H,28,32,33). The van der Waals surface area contributed by atoms with E-state index in [0.717, 1.165) is 54.2 Å². The number of carbonyl (C=O) groups excluding carboxylic acids is 2. The first-order chi connectivity index (χ1) is 16.6. The molecule has 2 aliphatic heterocycles. The average Bonchev–Trinajstić information content (AvgIpc) is 3.18. The van der Waals surface area contributed by atoms with Crippen molar-refractivity contribution in [1.29, 1.82) is 0 Å². The van der Waals surface area contributed by atoms with E-state index in [-0.39, 0.29) is 17.9 Å². The predicted molar refractivity (Wildman–Crippen MR) is 132 cm³/mol. The molecule has 34 heavy (non-hydrogen) atoms. The lowest BCUT2D eigenvalue weighted by Crippen LogP contribution is -2.39.